The molecular weight excluding hydrogens is 360 g/mol. The Hall–Kier alpha value is -3.32. The highest BCUT2D eigenvalue weighted by Gasteiger charge is 2.30. The average Bonchev–Trinajstić information content (AvgIpc) is 2.99. The number of thiophene rings is 1. The Morgan fingerprint density at radius 1 is 1.15 bits per heavy atom. The van der Waals surface area contributed by atoms with Crippen molar-refractivity contribution in [3.05, 3.63) is 60.0 Å². The van der Waals surface area contributed by atoms with Crippen LogP contribution in [-0.2, 0) is 12.8 Å². The minimum Gasteiger partial charge on any atom is -0.308 e. The molecule has 2 aromatic rings. The fourth-order valence-electron chi connectivity index (χ4n) is 2.91. The monoisotopic (exact) mass is 372 g/mol. The van der Waals surface area contributed by atoms with Gasteiger partial charge in [0.1, 0.15) is 0 Å². The van der Waals surface area contributed by atoms with Crippen LogP contribution in [0.4, 0.5) is 16.4 Å². The van der Waals surface area contributed by atoms with E-state index in [4.69, 9.17) is 5.26 Å². The lowest BCUT2D eigenvalue weighted by molar-refractivity contribution is -0.384. The zero-order valence-corrected chi connectivity index (χ0v) is 14.2. The summed E-state index contributed by atoms with van der Waals surface area (Å²) >= 11 is 1.16. The van der Waals surface area contributed by atoms with Crippen molar-refractivity contribution in [1.29, 1.82) is 5.26 Å². The molecule has 0 bridgehead atoms. The molecule has 1 aliphatic rings. The van der Waals surface area contributed by atoms with E-state index >= 15 is 0 Å². The molecule has 0 aliphatic heterocycles. The van der Waals surface area contributed by atoms with Crippen LogP contribution < -0.4 is 5.32 Å². The van der Waals surface area contributed by atoms with Crippen LogP contribution in [0.25, 0.3) is 0 Å². The molecule has 3 rings (SSSR count). The Morgan fingerprint density at radius 2 is 1.88 bits per heavy atom. The van der Waals surface area contributed by atoms with Crippen molar-refractivity contribution in [2.45, 2.75) is 25.7 Å². The molecule has 1 N–H and O–H groups in total. The van der Waals surface area contributed by atoms with Gasteiger partial charge in [0.2, 0.25) is 0 Å². The third-order valence-electron chi connectivity index (χ3n) is 4.07. The SMILES string of the molecule is N#Cc1cc(C(=O)Nc2sc3c(c2[N+](=O)[O-])CCCC3)cc([N+](=O)[O-])c1. The van der Waals surface area contributed by atoms with Gasteiger partial charge in [-0.3, -0.25) is 25.0 Å². The molecule has 26 heavy (non-hydrogen) atoms. The lowest BCUT2D eigenvalue weighted by Crippen LogP contribution is -2.13. The number of non-ortho nitro benzene ring substituents is 1. The topological polar surface area (TPSA) is 139 Å². The number of nitrogens with zero attached hydrogens (tertiary/aromatic N) is 3. The molecule has 10 heteroatoms. The number of fused-ring (bicyclic) bond motifs is 1. The number of hydrogen-bond donors (Lipinski definition) is 1. The molecule has 0 radical (unpaired) electrons. The first-order chi connectivity index (χ1) is 12.4. The molecular formula is C16H12N4O5S. The zero-order chi connectivity index (χ0) is 18.8. The minimum atomic E-state index is -0.730. The van der Waals surface area contributed by atoms with Gasteiger partial charge >= 0.3 is 5.69 Å². The van der Waals surface area contributed by atoms with Crippen LogP contribution in [0.1, 0.15) is 39.2 Å². The Balaban J connectivity index is 1.98. The summed E-state index contributed by atoms with van der Waals surface area (Å²) in [5, 5.41) is 34.0. The molecule has 1 heterocycles. The van der Waals surface area contributed by atoms with Crippen LogP contribution in [-0.4, -0.2) is 15.8 Å². The maximum absolute atomic E-state index is 12.5. The normalized spacial score (nSPS) is 12.7. The summed E-state index contributed by atoms with van der Waals surface area (Å²) in [4.78, 5) is 34.6. The molecule has 1 aromatic heterocycles. The number of carbonyl (C=O) groups is 1. The van der Waals surface area contributed by atoms with Crippen molar-refractivity contribution in [3.8, 4) is 6.07 Å². The van der Waals surface area contributed by atoms with Gasteiger partial charge < -0.3 is 5.32 Å². The van der Waals surface area contributed by atoms with Crippen molar-refractivity contribution in [2.24, 2.45) is 0 Å². The number of anilines is 1. The van der Waals surface area contributed by atoms with E-state index < -0.39 is 21.4 Å². The predicted octanol–water partition coefficient (Wildman–Crippen LogP) is 3.57. The van der Waals surface area contributed by atoms with E-state index in [-0.39, 0.29) is 21.8 Å². The molecule has 0 saturated heterocycles. The van der Waals surface area contributed by atoms with Gasteiger partial charge in [-0.25, -0.2) is 0 Å². The summed E-state index contributed by atoms with van der Waals surface area (Å²) < 4.78 is 0. The fourth-order valence-corrected chi connectivity index (χ4v) is 4.17. The quantitative estimate of drug-likeness (QED) is 0.643. The number of nitro groups is 2. The summed E-state index contributed by atoms with van der Waals surface area (Å²) in [7, 11) is 0. The number of hydrogen-bond acceptors (Lipinski definition) is 7. The third kappa shape index (κ3) is 3.25. The van der Waals surface area contributed by atoms with Gasteiger partial charge in [0, 0.05) is 28.1 Å². The van der Waals surface area contributed by atoms with Crippen LogP contribution in [0, 0.1) is 31.6 Å². The molecule has 132 valence electrons. The zero-order valence-electron chi connectivity index (χ0n) is 13.4. The third-order valence-corrected chi connectivity index (χ3v) is 5.27. The van der Waals surface area contributed by atoms with Gasteiger partial charge in [-0.15, -0.1) is 11.3 Å². The number of amides is 1. The highest BCUT2D eigenvalue weighted by atomic mass is 32.1. The summed E-state index contributed by atoms with van der Waals surface area (Å²) in [6.07, 6.45) is 3.11. The highest BCUT2D eigenvalue weighted by Crippen LogP contribution is 2.43. The summed E-state index contributed by atoms with van der Waals surface area (Å²) in [6, 6.07) is 5.07. The Bertz CT molecular complexity index is 976. The number of carbonyl (C=O) groups excluding carboxylic acids is 1. The minimum absolute atomic E-state index is 0.0377. The maximum Gasteiger partial charge on any atom is 0.307 e. The van der Waals surface area contributed by atoms with Crippen molar-refractivity contribution in [1.82, 2.24) is 0 Å². The van der Waals surface area contributed by atoms with Crippen LogP contribution in [0.15, 0.2) is 18.2 Å². The van der Waals surface area contributed by atoms with Gasteiger partial charge in [-0.2, -0.15) is 5.26 Å². The van der Waals surface area contributed by atoms with Crippen molar-refractivity contribution < 1.29 is 14.6 Å². The number of nitro benzene ring substituents is 1. The number of rotatable bonds is 4. The molecule has 0 unspecified atom stereocenters. The number of benzene rings is 1. The second-order valence-corrected chi connectivity index (χ2v) is 6.84. The second kappa shape index (κ2) is 6.89. The van der Waals surface area contributed by atoms with Gasteiger partial charge in [-0.05, 0) is 31.7 Å². The lowest BCUT2D eigenvalue weighted by atomic mass is 9.98. The summed E-state index contributed by atoms with van der Waals surface area (Å²) in [6.45, 7) is 0. The number of nitrogens with one attached hydrogen (secondary N) is 1. The van der Waals surface area contributed by atoms with Crippen molar-refractivity contribution >= 4 is 33.6 Å². The maximum atomic E-state index is 12.5. The highest BCUT2D eigenvalue weighted by molar-refractivity contribution is 7.17. The van der Waals surface area contributed by atoms with E-state index in [2.05, 4.69) is 5.32 Å². The Morgan fingerprint density at radius 3 is 2.54 bits per heavy atom. The van der Waals surface area contributed by atoms with Crippen LogP contribution in [0.5, 0.6) is 0 Å². The van der Waals surface area contributed by atoms with Gasteiger partial charge in [0.15, 0.2) is 5.00 Å². The lowest BCUT2D eigenvalue weighted by Gasteiger charge is -2.08. The Labute approximate surface area is 151 Å². The molecule has 0 atom stereocenters. The Kier molecular flexibility index (Phi) is 4.64. The predicted molar refractivity (Wildman–Crippen MR) is 93.4 cm³/mol. The smallest absolute Gasteiger partial charge is 0.307 e. The van der Waals surface area contributed by atoms with Crippen LogP contribution >= 0.6 is 11.3 Å². The van der Waals surface area contributed by atoms with E-state index in [1.807, 2.05) is 0 Å². The first-order valence-electron chi connectivity index (χ1n) is 7.70. The summed E-state index contributed by atoms with van der Waals surface area (Å²) in [5.41, 5.74) is 0.0113. The largest absolute Gasteiger partial charge is 0.308 e. The van der Waals surface area contributed by atoms with Crippen LogP contribution in [0.2, 0.25) is 0 Å². The van der Waals surface area contributed by atoms with Crippen LogP contribution in [0.3, 0.4) is 0 Å². The standard InChI is InChI=1S/C16H12N4O5S/c17-8-9-5-10(7-11(6-9)19(22)23)15(21)18-16-14(20(24)25)12-3-1-2-4-13(12)26-16/h5-7H,1-4H2,(H,18,21). The van der Waals surface area contributed by atoms with E-state index in [1.165, 1.54) is 6.07 Å². The molecule has 1 aromatic carbocycles. The van der Waals surface area contributed by atoms with Crippen molar-refractivity contribution in [3.63, 3.8) is 0 Å². The molecule has 0 saturated carbocycles. The van der Waals surface area contributed by atoms with E-state index in [0.717, 1.165) is 47.6 Å². The van der Waals surface area contributed by atoms with E-state index in [0.29, 0.717) is 12.0 Å². The second-order valence-electron chi connectivity index (χ2n) is 5.74. The first kappa shape index (κ1) is 17.5. The van der Waals surface area contributed by atoms with E-state index in [9.17, 15) is 25.0 Å². The van der Waals surface area contributed by atoms with Gasteiger partial charge in [0.25, 0.3) is 11.6 Å². The van der Waals surface area contributed by atoms with E-state index in [1.54, 1.807) is 6.07 Å². The van der Waals surface area contributed by atoms with Crippen molar-refractivity contribution in [2.75, 3.05) is 5.32 Å². The summed E-state index contributed by atoms with van der Waals surface area (Å²) in [5.74, 6) is -0.730. The fraction of sp³-hybridized carbons (Fsp3) is 0.250. The molecule has 1 aliphatic carbocycles. The number of aryl methyl sites for hydroxylation is 1. The number of nitriles is 1. The average molecular weight is 372 g/mol. The molecule has 9 nitrogen and oxygen atoms in total. The molecule has 0 fully saturated rings. The molecule has 1 amide bonds. The molecule has 0 spiro atoms. The van der Waals surface area contributed by atoms with Gasteiger partial charge in [-0.1, -0.05) is 0 Å². The van der Waals surface area contributed by atoms with Gasteiger partial charge in [0.05, 0.1) is 21.5 Å². The first-order valence-corrected chi connectivity index (χ1v) is 8.52.